The Hall–Kier alpha value is -2.26. The van der Waals surface area contributed by atoms with E-state index < -0.39 is 0 Å². The molecule has 20 heavy (non-hydrogen) atoms. The standard InChI is InChI=1S/C17H17N3/c1-13(15-8-3-9-18-11-15)20-12-16-6-2-5-14-7-4-10-19-17(14)16/h2-11,13,20H,12H2,1H3. The minimum Gasteiger partial charge on any atom is -0.306 e. The number of fused-ring (bicyclic) bond motifs is 1. The fourth-order valence-electron chi connectivity index (χ4n) is 2.32. The summed E-state index contributed by atoms with van der Waals surface area (Å²) in [6, 6.07) is 14.7. The van der Waals surface area contributed by atoms with Gasteiger partial charge >= 0.3 is 0 Å². The van der Waals surface area contributed by atoms with Crippen LogP contribution in [0.5, 0.6) is 0 Å². The van der Waals surface area contributed by atoms with Gasteiger partial charge in [-0.25, -0.2) is 0 Å². The highest BCUT2D eigenvalue weighted by Crippen LogP contribution is 2.17. The second kappa shape index (κ2) is 5.80. The largest absolute Gasteiger partial charge is 0.306 e. The van der Waals surface area contributed by atoms with E-state index in [0.717, 1.165) is 12.1 Å². The van der Waals surface area contributed by atoms with E-state index >= 15 is 0 Å². The van der Waals surface area contributed by atoms with Crippen molar-refractivity contribution in [2.45, 2.75) is 19.5 Å². The molecule has 2 heterocycles. The van der Waals surface area contributed by atoms with E-state index in [1.54, 1.807) is 6.20 Å². The van der Waals surface area contributed by atoms with Crippen LogP contribution in [0.15, 0.2) is 61.1 Å². The van der Waals surface area contributed by atoms with Crippen molar-refractivity contribution in [1.82, 2.24) is 15.3 Å². The Morgan fingerprint density at radius 1 is 1.05 bits per heavy atom. The zero-order valence-electron chi connectivity index (χ0n) is 11.5. The summed E-state index contributed by atoms with van der Waals surface area (Å²) in [4.78, 5) is 8.64. The van der Waals surface area contributed by atoms with Gasteiger partial charge in [0.1, 0.15) is 0 Å². The van der Waals surface area contributed by atoms with E-state index in [0.29, 0.717) is 0 Å². The van der Waals surface area contributed by atoms with Crippen LogP contribution >= 0.6 is 0 Å². The van der Waals surface area contributed by atoms with Crippen LogP contribution in [0, 0.1) is 0 Å². The molecule has 0 spiro atoms. The molecule has 1 atom stereocenters. The maximum Gasteiger partial charge on any atom is 0.0746 e. The second-order valence-corrected chi connectivity index (χ2v) is 4.88. The summed E-state index contributed by atoms with van der Waals surface area (Å²) in [5.41, 5.74) is 3.49. The van der Waals surface area contributed by atoms with Crippen LogP contribution in [0.2, 0.25) is 0 Å². The molecule has 1 aromatic carbocycles. The predicted octanol–water partition coefficient (Wildman–Crippen LogP) is 3.48. The Bertz CT molecular complexity index is 689. The molecule has 0 bridgehead atoms. The van der Waals surface area contributed by atoms with Crippen LogP contribution in [0.1, 0.15) is 24.1 Å². The first-order valence-corrected chi connectivity index (χ1v) is 6.80. The molecule has 0 aliphatic carbocycles. The van der Waals surface area contributed by atoms with Gasteiger partial charge in [0.2, 0.25) is 0 Å². The van der Waals surface area contributed by atoms with Crippen LogP contribution in [0.3, 0.4) is 0 Å². The van der Waals surface area contributed by atoms with E-state index in [-0.39, 0.29) is 6.04 Å². The third kappa shape index (κ3) is 2.68. The van der Waals surface area contributed by atoms with Gasteiger partial charge in [-0.3, -0.25) is 9.97 Å². The maximum absolute atomic E-state index is 4.48. The molecule has 100 valence electrons. The molecule has 0 aliphatic heterocycles. The summed E-state index contributed by atoms with van der Waals surface area (Å²) in [7, 11) is 0. The van der Waals surface area contributed by atoms with E-state index in [4.69, 9.17) is 0 Å². The molecule has 1 N–H and O–H groups in total. The van der Waals surface area contributed by atoms with Gasteiger partial charge in [-0.15, -0.1) is 0 Å². The zero-order chi connectivity index (χ0) is 13.8. The van der Waals surface area contributed by atoms with Crippen LogP contribution in [-0.4, -0.2) is 9.97 Å². The van der Waals surface area contributed by atoms with E-state index in [9.17, 15) is 0 Å². The smallest absolute Gasteiger partial charge is 0.0746 e. The lowest BCUT2D eigenvalue weighted by Gasteiger charge is -2.14. The number of nitrogens with zero attached hydrogens (tertiary/aromatic N) is 2. The lowest BCUT2D eigenvalue weighted by atomic mass is 10.1. The van der Waals surface area contributed by atoms with Gasteiger partial charge in [-0.1, -0.05) is 30.3 Å². The highest BCUT2D eigenvalue weighted by atomic mass is 14.9. The van der Waals surface area contributed by atoms with E-state index in [1.807, 2.05) is 24.5 Å². The van der Waals surface area contributed by atoms with Crippen molar-refractivity contribution in [1.29, 1.82) is 0 Å². The number of aromatic nitrogens is 2. The van der Waals surface area contributed by atoms with Crippen molar-refractivity contribution >= 4 is 10.9 Å². The number of rotatable bonds is 4. The molecule has 0 amide bonds. The summed E-state index contributed by atoms with van der Waals surface area (Å²) in [5, 5.41) is 4.71. The first kappa shape index (κ1) is 12.8. The Labute approximate surface area is 118 Å². The summed E-state index contributed by atoms with van der Waals surface area (Å²) in [6.07, 6.45) is 5.54. The molecule has 0 saturated heterocycles. The minimum absolute atomic E-state index is 0.266. The summed E-state index contributed by atoms with van der Waals surface area (Å²) >= 11 is 0. The van der Waals surface area contributed by atoms with Crippen LogP contribution in [0.25, 0.3) is 10.9 Å². The lowest BCUT2D eigenvalue weighted by Crippen LogP contribution is -2.18. The summed E-state index contributed by atoms with van der Waals surface area (Å²) in [6.45, 7) is 2.94. The third-order valence-corrected chi connectivity index (χ3v) is 3.50. The number of hydrogen-bond acceptors (Lipinski definition) is 3. The Balaban J connectivity index is 1.77. The van der Waals surface area contributed by atoms with Gasteiger partial charge in [-0.2, -0.15) is 0 Å². The Kier molecular flexibility index (Phi) is 3.70. The molecule has 3 heteroatoms. The number of hydrogen-bond donors (Lipinski definition) is 1. The van der Waals surface area contributed by atoms with Crippen molar-refractivity contribution in [3.63, 3.8) is 0 Å². The van der Waals surface area contributed by atoms with Crippen molar-refractivity contribution in [3.05, 3.63) is 72.2 Å². The Morgan fingerprint density at radius 3 is 2.75 bits per heavy atom. The number of nitrogens with one attached hydrogen (secondary N) is 1. The summed E-state index contributed by atoms with van der Waals surface area (Å²) < 4.78 is 0. The third-order valence-electron chi connectivity index (χ3n) is 3.50. The molecule has 3 nitrogen and oxygen atoms in total. The SMILES string of the molecule is CC(NCc1cccc2cccnc12)c1cccnc1. The van der Waals surface area contributed by atoms with Crippen LogP contribution in [-0.2, 0) is 6.54 Å². The summed E-state index contributed by atoms with van der Waals surface area (Å²) in [5.74, 6) is 0. The molecule has 2 aromatic heterocycles. The highest BCUT2D eigenvalue weighted by Gasteiger charge is 2.06. The molecule has 0 radical (unpaired) electrons. The molecule has 0 fully saturated rings. The van der Waals surface area contributed by atoms with Gasteiger partial charge < -0.3 is 5.32 Å². The fourth-order valence-corrected chi connectivity index (χ4v) is 2.32. The minimum atomic E-state index is 0.266. The number of para-hydroxylation sites is 1. The highest BCUT2D eigenvalue weighted by molar-refractivity contribution is 5.81. The molecule has 3 aromatic rings. The quantitative estimate of drug-likeness (QED) is 0.783. The normalized spacial score (nSPS) is 12.4. The van der Waals surface area contributed by atoms with Gasteiger partial charge in [0, 0.05) is 36.6 Å². The van der Waals surface area contributed by atoms with Crippen LogP contribution < -0.4 is 5.32 Å². The number of benzene rings is 1. The first-order valence-electron chi connectivity index (χ1n) is 6.80. The first-order chi connectivity index (χ1) is 9.84. The Morgan fingerprint density at radius 2 is 1.90 bits per heavy atom. The van der Waals surface area contributed by atoms with E-state index in [1.165, 1.54) is 16.5 Å². The van der Waals surface area contributed by atoms with Gasteiger partial charge in [0.05, 0.1) is 5.52 Å². The van der Waals surface area contributed by atoms with Gasteiger partial charge in [-0.05, 0) is 30.2 Å². The van der Waals surface area contributed by atoms with Crippen molar-refractivity contribution in [2.75, 3.05) is 0 Å². The fraction of sp³-hybridized carbons (Fsp3) is 0.176. The van der Waals surface area contributed by atoms with Gasteiger partial charge in [0.15, 0.2) is 0 Å². The second-order valence-electron chi connectivity index (χ2n) is 4.88. The molecule has 0 saturated carbocycles. The van der Waals surface area contributed by atoms with Crippen molar-refractivity contribution in [2.24, 2.45) is 0 Å². The maximum atomic E-state index is 4.48. The zero-order valence-corrected chi connectivity index (χ0v) is 11.5. The topological polar surface area (TPSA) is 37.8 Å². The average Bonchev–Trinajstić information content (AvgIpc) is 2.53. The van der Waals surface area contributed by atoms with Crippen molar-refractivity contribution in [3.8, 4) is 0 Å². The lowest BCUT2D eigenvalue weighted by molar-refractivity contribution is 0.574. The number of pyridine rings is 2. The van der Waals surface area contributed by atoms with Crippen molar-refractivity contribution < 1.29 is 0 Å². The average molecular weight is 263 g/mol. The predicted molar refractivity (Wildman–Crippen MR) is 81.2 cm³/mol. The molecular formula is C17H17N3. The van der Waals surface area contributed by atoms with Gasteiger partial charge in [0.25, 0.3) is 0 Å². The molecule has 3 rings (SSSR count). The molecule has 0 aliphatic rings. The van der Waals surface area contributed by atoms with Crippen LogP contribution in [0.4, 0.5) is 0 Å². The van der Waals surface area contributed by atoms with E-state index in [2.05, 4.69) is 52.5 Å². The monoisotopic (exact) mass is 263 g/mol. The molecular weight excluding hydrogens is 246 g/mol. The molecule has 1 unspecified atom stereocenters.